The second-order valence-corrected chi connectivity index (χ2v) is 3.95. The molecule has 1 aromatic heterocycles. The number of ether oxygens (including phenoxy) is 2. The summed E-state index contributed by atoms with van der Waals surface area (Å²) in [6.45, 7) is 1.95. The van der Waals surface area contributed by atoms with Crippen molar-refractivity contribution in [3.8, 4) is 11.5 Å². The Morgan fingerprint density at radius 1 is 1.17 bits per heavy atom. The summed E-state index contributed by atoms with van der Waals surface area (Å²) in [7, 11) is 3.14. The molecule has 5 nitrogen and oxygen atoms in total. The molecule has 0 bridgehead atoms. The van der Waals surface area contributed by atoms with Crippen LogP contribution in [-0.4, -0.2) is 18.9 Å². The van der Waals surface area contributed by atoms with Gasteiger partial charge in [-0.3, -0.25) is 4.79 Å². The number of methoxy groups -OCH3 is 2. The van der Waals surface area contributed by atoms with Gasteiger partial charge in [0.25, 0.3) is 5.56 Å². The van der Waals surface area contributed by atoms with E-state index in [4.69, 9.17) is 15.3 Å². The lowest BCUT2D eigenvalue weighted by atomic mass is 10.1. The van der Waals surface area contributed by atoms with Crippen LogP contribution in [0.15, 0.2) is 23.0 Å². The second-order valence-electron chi connectivity index (χ2n) is 3.95. The third-order valence-corrected chi connectivity index (χ3v) is 3.01. The van der Waals surface area contributed by atoms with Crippen LogP contribution in [0.2, 0.25) is 0 Å². The predicted octanol–water partition coefficient (Wildman–Crippen LogP) is 1.29. The Labute approximate surface area is 105 Å². The van der Waals surface area contributed by atoms with Gasteiger partial charge >= 0.3 is 0 Å². The molecule has 0 unspecified atom stereocenters. The maximum Gasteiger partial charge on any atom is 0.269 e. The van der Waals surface area contributed by atoms with Gasteiger partial charge in [-0.15, -0.1) is 0 Å². The maximum absolute atomic E-state index is 11.7. The Morgan fingerprint density at radius 2 is 1.78 bits per heavy atom. The molecule has 0 aliphatic heterocycles. The summed E-state index contributed by atoms with van der Waals surface area (Å²) < 4.78 is 11.7. The highest BCUT2D eigenvalue weighted by atomic mass is 16.5. The van der Waals surface area contributed by atoms with E-state index in [9.17, 15) is 4.79 Å². The van der Waals surface area contributed by atoms with Gasteiger partial charge in [-0.2, -0.15) is 0 Å². The Kier molecular flexibility index (Phi) is 3.14. The van der Waals surface area contributed by atoms with Gasteiger partial charge in [0.1, 0.15) is 0 Å². The van der Waals surface area contributed by atoms with Crippen molar-refractivity contribution >= 4 is 10.8 Å². The highest BCUT2D eigenvalue weighted by Crippen LogP contribution is 2.32. The summed E-state index contributed by atoms with van der Waals surface area (Å²) >= 11 is 0. The molecule has 0 radical (unpaired) electrons. The zero-order valence-corrected chi connectivity index (χ0v) is 10.7. The third kappa shape index (κ3) is 1.77. The minimum Gasteiger partial charge on any atom is -0.493 e. The summed E-state index contributed by atoms with van der Waals surface area (Å²) in [6.07, 6.45) is 0.665. The Bertz CT molecular complexity index is 647. The van der Waals surface area contributed by atoms with Gasteiger partial charge in [0, 0.05) is 11.5 Å². The Morgan fingerprint density at radius 3 is 2.33 bits per heavy atom. The first-order chi connectivity index (χ1) is 8.62. The van der Waals surface area contributed by atoms with Gasteiger partial charge in [-0.25, -0.2) is 4.68 Å². The molecule has 1 heterocycles. The summed E-state index contributed by atoms with van der Waals surface area (Å²) in [6, 6.07) is 5.13. The molecule has 0 aliphatic rings. The van der Waals surface area contributed by atoms with E-state index in [1.165, 1.54) is 10.7 Å². The summed E-state index contributed by atoms with van der Waals surface area (Å²) in [5.74, 6) is 6.98. The van der Waals surface area contributed by atoms with Crippen LogP contribution in [-0.2, 0) is 6.42 Å². The molecule has 0 fully saturated rings. The van der Waals surface area contributed by atoms with E-state index in [-0.39, 0.29) is 5.56 Å². The number of fused-ring (bicyclic) bond motifs is 1. The normalized spacial score (nSPS) is 10.6. The van der Waals surface area contributed by atoms with Crippen molar-refractivity contribution in [2.24, 2.45) is 0 Å². The number of hydrogen-bond donors (Lipinski definition) is 1. The van der Waals surface area contributed by atoms with Crippen molar-refractivity contribution in [1.82, 2.24) is 4.68 Å². The first-order valence-corrected chi connectivity index (χ1v) is 5.68. The van der Waals surface area contributed by atoms with Crippen LogP contribution >= 0.6 is 0 Å². The van der Waals surface area contributed by atoms with E-state index < -0.39 is 0 Å². The van der Waals surface area contributed by atoms with Gasteiger partial charge in [0.15, 0.2) is 11.5 Å². The van der Waals surface area contributed by atoms with Gasteiger partial charge in [-0.1, -0.05) is 6.92 Å². The molecule has 0 aliphatic carbocycles. The zero-order valence-electron chi connectivity index (χ0n) is 10.7. The van der Waals surface area contributed by atoms with Crippen LogP contribution in [0.1, 0.15) is 12.6 Å². The first-order valence-electron chi connectivity index (χ1n) is 5.68. The Hall–Kier alpha value is -2.17. The van der Waals surface area contributed by atoms with E-state index in [0.717, 1.165) is 16.5 Å². The van der Waals surface area contributed by atoms with Gasteiger partial charge in [0.2, 0.25) is 0 Å². The predicted molar refractivity (Wildman–Crippen MR) is 70.8 cm³/mol. The van der Waals surface area contributed by atoms with Crippen LogP contribution < -0.4 is 20.9 Å². The molecule has 0 spiro atoms. The van der Waals surface area contributed by atoms with Crippen LogP contribution in [0.5, 0.6) is 11.5 Å². The average molecular weight is 248 g/mol. The molecule has 0 atom stereocenters. The van der Waals surface area contributed by atoms with E-state index >= 15 is 0 Å². The number of pyridine rings is 1. The quantitative estimate of drug-likeness (QED) is 0.831. The maximum atomic E-state index is 11.7. The molecule has 2 aromatic rings. The third-order valence-electron chi connectivity index (χ3n) is 3.01. The number of rotatable bonds is 3. The van der Waals surface area contributed by atoms with Gasteiger partial charge in [0.05, 0.1) is 19.9 Å². The van der Waals surface area contributed by atoms with E-state index in [1.54, 1.807) is 20.3 Å². The molecule has 2 rings (SSSR count). The van der Waals surface area contributed by atoms with E-state index in [1.807, 2.05) is 13.0 Å². The Balaban J connectivity index is 2.88. The SMILES string of the molecule is CCc1c2cc(OC)c(OC)cc2cc(=O)n1N. The van der Waals surface area contributed by atoms with Crippen molar-refractivity contribution in [3.63, 3.8) is 0 Å². The number of hydrogen-bond acceptors (Lipinski definition) is 4. The molecule has 2 N–H and O–H groups in total. The molecule has 0 amide bonds. The molecule has 0 saturated carbocycles. The first kappa shape index (κ1) is 12.3. The molecule has 5 heteroatoms. The van der Waals surface area contributed by atoms with Crippen LogP contribution in [0.3, 0.4) is 0 Å². The van der Waals surface area contributed by atoms with Crippen LogP contribution in [0.25, 0.3) is 10.8 Å². The van der Waals surface area contributed by atoms with E-state index in [0.29, 0.717) is 17.9 Å². The topological polar surface area (TPSA) is 66.5 Å². The summed E-state index contributed by atoms with van der Waals surface area (Å²) in [4.78, 5) is 11.7. The summed E-state index contributed by atoms with van der Waals surface area (Å²) in [5.41, 5.74) is 0.546. The monoisotopic (exact) mass is 248 g/mol. The number of nitrogens with two attached hydrogens (primary N) is 1. The van der Waals surface area contributed by atoms with E-state index in [2.05, 4.69) is 0 Å². The van der Waals surface area contributed by atoms with Crippen LogP contribution in [0.4, 0.5) is 0 Å². The fraction of sp³-hybridized carbons (Fsp3) is 0.308. The number of nitrogen functional groups attached to an aromatic ring is 1. The van der Waals surface area contributed by atoms with Crippen molar-refractivity contribution in [2.45, 2.75) is 13.3 Å². The van der Waals surface area contributed by atoms with Crippen molar-refractivity contribution in [1.29, 1.82) is 0 Å². The fourth-order valence-electron chi connectivity index (χ4n) is 2.09. The van der Waals surface area contributed by atoms with Gasteiger partial charge < -0.3 is 15.3 Å². The molecule has 1 aromatic carbocycles. The molecule has 96 valence electrons. The van der Waals surface area contributed by atoms with Gasteiger partial charge in [-0.05, 0) is 23.9 Å². The summed E-state index contributed by atoms with van der Waals surface area (Å²) in [5, 5.41) is 1.70. The lowest BCUT2D eigenvalue weighted by Crippen LogP contribution is -2.29. The molecule has 0 saturated heterocycles. The number of benzene rings is 1. The number of aromatic nitrogens is 1. The molecular formula is C13H16N2O3. The smallest absolute Gasteiger partial charge is 0.269 e. The largest absolute Gasteiger partial charge is 0.493 e. The number of aryl methyl sites for hydroxylation is 1. The fourth-order valence-corrected chi connectivity index (χ4v) is 2.09. The highest BCUT2D eigenvalue weighted by molar-refractivity contribution is 5.88. The highest BCUT2D eigenvalue weighted by Gasteiger charge is 2.11. The average Bonchev–Trinajstić information content (AvgIpc) is 2.39. The van der Waals surface area contributed by atoms with Crippen molar-refractivity contribution in [3.05, 3.63) is 34.2 Å². The molecule has 18 heavy (non-hydrogen) atoms. The second kappa shape index (κ2) is 4.60. The van der Waals surface area contributed by atoms with Crippen molar-refractivity contribution < 1.29 is 9.47 Å². The number of nitrogens with zero attached hydrogens (tertiary/aromatic N) is 1. The molecular weight excluding hydrogens is 232 g/mol. The lowest BCUT2D eigenvalue weighted by molar-refractivity contribution is 0.356. The lowest BCUT2D eigenvalue weighted by Gasteiger charge is -2.13. The zero-order chi connectivity index (χ0) is 13.3. The van der Waals surface area contributed by atoms with Crippen LogP contribution in [0, 0.1) is 0 Å². The minimum atomic E-state index is -0.230. The minimum absolute atomic E-state index is 0.230. The van der Waals surface area contributed by atoms with Crippen molar-refractivity contribution in [2.75, 3.05) is 20.1 Å². The standard InChI is InChI=1S/C13H16N2O3/c1-4-10-9-7-12(18-3)11(17-2)5-8(9)6-13(16)15(10)14/h5-7H,4,14H2,1-3H3.